The summed E-state index contributed by atoms with van der Waals surface area (Å²) < 4.78 is 15.4. The van der Waals surface area contributed by atoms with Crippen molar-refractivity contribution >= 4 is 0 Å². The van der Waals surface area contributed by atoms with Gasteiger partial charge in [0.15, 0.2) is 0 Å². The normalized spacial score (nSPS) is 11.2. The molecule has 2 rings (SSSR count). The minimum Gasteiger partial charge on any atom is -0.309 e. The maximum Gasteiger partial charge on any atom is 0.149 e. The van der Waals surface area contributed by atoms with E-state index in [-0.39, 0.29) is 5.82 Å². The van der Waals surface area contributed by atoms with Crippen LogP contribution in [0.25, 0.3) is 5.69 Å². The Hall–Kier alpha value is -1.75. The molecule has 0 unspecified atom stereocenters. The van der Waals surface area contributed by atoms with Gasteiger partial charge in [0.2, 0.25) is 0 Å². The van der Waals surface area contributed by atoms with Crippen molar-refractivity contribution in [1.82, 2.24) is 20.3 Å². The van der Waals surface area contributed by atoms with Crippen LogP contribution in [0.3, 0.4) is 0 Å². The zero-order chi connectivity index (χ0) is 13.1. The second-order valence-corrected chi connectivity index (χ2v) is 4.58. The summed E-state index contributed by atoms with van der Waals surface area (Å²) in [5.74, 6) is -0.286. The first-order valence-corrected chi connectivity index (χ1v) is 5.98. The molecule has 1 aromatic carbocycles. The third-order valence-electron chi connectivity index (χ3n) is 2.71. The Morgan fingerprint density at radius 1 is 1.39 bits per heavy atom. The van der Waals surface area contributed by atoms with Crippen LogP contribution < -0.4 is 5.32 Å². The predicted octanol–water partition coefficient (Wildman–Crippen LogP) is 2.21. The van der Waals surface area contributed by atoms with E-state index in [1.165, 1.54) is 6.07 Å². The molecular formula is C13H17FN4. The molecule has 0 radical (unpaired) electrons. The number of aromatic nitrogens is 3. The third kappa shape index (κ3) is 2.56. The Kier molecular flexibility index (Phi) is 3.72. The molecule has 0 saturated heterocycles. The molecule has 0 saturated carbocycles. The summed E-state index contributed by atoms with van der Waals surface area (Å²) in [7, 11) is 0. The molecule has 0 spiro atoms. The van der Waals surface area contributed by atoms with E-state index in [9.17, 15) is 4.39 Å². The Morgan fingerprint density at radius 3 is 2.83 bits per heavy atom. The van der Waals surface area contributed by atoms with Crippen molar-refractivity contribution in [1.29, 1.82) is 0 Å². The van der Waals surface area contributed by atoms with E-state index in [1.54, 1.807) is 16.9 Å². The molecule has 0 aliphatic heterocycles. The van der Waals surface area contributed by atoms with Crippen LogP contribution in [0.15, 0.2) is 24.4 Å². The van der Waals surface area contributed by atoms with Gasteiger partial charge in [-0.2, -0.15) is 0 Å². The lowest BCUT2D eigenvalue weighted by atomic mass is 10.2. The van der Waals surface area contributed by atoms with E-state index in [0.29, 0.717) is 18.3 Å². The average Bonchev–Trinajstić information content (AvgIpc) is 2.74. The molecule has 96 valence electrons. The highest BCUT2D eigenvalue weighted by Crippen LogP contribution is 2.18. The summed E-state index contributed by atoms with van der Waals surface area (Å²) in [6.45, 7) is 6.59. The molecule has 1 heterocycles. The summed E-state index contributed by atoms with van der Waals surface area (Å²) in [5.41, 5.74) is 2.15. The molecule has 0 aliphatic rings. The first-order chi connectivity index (χ1) is 8.59. The molecule has 0 atom stereocenters. The van der Waals surface area contributed by atoms with Crippen molar-refractivity contribution in [3.63, 3.8) is 0 Å². The van der Waals surface area contributed by atoms with Crippen LogP contribution in [0.2, 0.25) is 0 Å². The van der Waals surface area contributed by atoms with Gasteiger partial charge in [0.25, 0.3) is 0 Å². The van der Waals surface area contributed by atoms with Crippen molar-refractivity contribution in [2.24, 2.45) is 0 Å². The maximum absolute atomic E-state index is 13.9. The van der Waals surface area contributed by atoms with Crippen LogP contribution in [0.4, 0.5) is 4.39 Å². The number of aryl methyl sites for hydroxylation is 1. The van der Waals surface area contributed by atoms with Gasteiger partial charge in [-0.1, -0.05) is 31.2 Å². The number of benzene rings is 1. The van der Waals surface area contributed by atoms with Gasteiger partial charge in [-0.25, -0.2) is 9.07 Å². The molecule has 1 N–H and O–H groups in total. The quantitative estimate of drug-likeness (QED) is 0.902. The SMILES string of the molecule is Cc1cccc(F)c1-n1nncc1CNC(C)C. The fourth-order valence-electron chi connectivity index (χ4n) is 1.77. The number of nitrogens with one attached hydrogen (secondary N) is 1. The van der Waals surface area contributed by atoms with Gasteiger partial charge >= 0.3 is 0 Å². The molecule has 0 aliphatic carbocycles. The highest BCUT2D eigenvalue weighted by Gasteiger charge is 2.13. The molecule has 0 amide bonds. The topological polar surface area (TPSA) is 42.7 Å². The minimum atomic E-state index is -0.286. The number of rotatable bonds is 4. The Morgan fingerprint density at radius 2 is 2.17 bits per heavy atom. The second kappa shape index (κ2) is 5.27. The highest BCUT2D eigenvalue weighted by atomic mass is 19.1. The van der Waals surface area contributed by atoms with Crippen LogP contribution >= 0.6 is 0 Å². The van der Waals surface area contributed by atoms with Gasteiger partial charge in [0.05, 0.1) is 11.9 Å². The zero-order valence-corrected chi connectivity index (χ0v) is 10.8. The van der Waals surface area contributed by atoms with Crippen molar-refractivity contribution in [2.75, 3.05) is 0 Å². The van der Waals surface area contributed by atoms with E-state index in [1.807, 2.05) is 13.0 Å². The number of halogens is 1. The van der Waals surface area contributed by atoms with Gasteiger partial charge in [-0.15, -0.1) is 5.10 Å². The molecule has 0 bridgehead atoms. The van der Waals surface area contributed by atoms with Gasteiger partial charge < -0.3 is 5.32 Å². The Balaban J connectivity index is 2.36. The fraction of sp³-hybridized carbons (Fsp3) is 0.385. The molecule has 4 nitrogen and oxygen atoms in total. The minimum absolute atomic E-state index is 0.286. The van der Waals surface area contributed by atoms with Gasteiger partial charge in [-0.05, 0) is 18.6 Å². The second-order valence-electron chi connectivity index (χ2n) is 4.58. The average molecular weight is 248 g/mol. The lowest BCUT2D eigenvalue weighted by Crippen LogP contribution is -2.23. The Bertz CT molecular complexity index is 513. The molecular weight excluding hydrogens is 231 g/mol. The lowest BCUT2D eigenvalue weighted by Gasteiger charge is -2.12. The zero-order valence-electron chi connectivity index (χ0n) is 10.8. The van der Waals surface area contributed by atoms with E-state index >= 15 is 0 Å². The number of hydrogen-bond acceptors (Lipinski definition) is 3. The monoisotopic (exact) mass is 248 g/mol. The van der Waals surface area contributed by atoms with Crippen molar-refractivity contribution in [2.45, 2.75) is 33.4 Å². The fourth-order valence-corrected chi connectivity index (χ4v) is 1.77. The van der Waals surface area contributed by atoms with Crippen LogP contribution in [-0.2, 0) is 6.54 Å². The number of para-hydroxylation sites is 1. The Labute approximate surface area is 106 Å². The summed E-state index contributed by atoms with van der Waals surface area (Å²) in [4.78, 5) is 0. The van der Waals surface area contributed by atoms with Crippen molar-refractivity contribution < 1.29 is 4.39 Å². The van der Waals surface area contributed by atoms with Crippen molar-refractivity contribution in [3.8, 4) is 5.69 Å². The van der Waals surface area contributed by atoms with Gasteiger partial charge in [0, 0.05) is 12.6 Å². The van der Waals surface area contributed by atoms with Crippen LogP contribution in [0, 0.1) is 12.7 Å². The van der Waals surface area contributed by atoms with Crippen LogP contribution in [0.5, 0.6) is 0 Å². The summed E-state index contributed by atoms with van der Waals surface area (Å²) in [6, 6.07) is 5.34. The van der Waals surface area contributed by atoms with E-state index in [4.69, 9.17) is 0 Å². The first-order valence-electron chi connectivity index (χ1n) is 5.98. The van der Waals surface area contributed by atoms with Crippen LogP contribution in [0.1, 0.15) is 25.1 Å². The summed E-state index contributed by atoms with van der Waals surface area (Å²) in [5, 5.41) is 11.1. The van der Waals surface area contributed by atoms with E-state index in [2.05, 4.69) is 29.5 Å². The standard InChI is InChI=1S/C13H17FN4/c1-9(2)15-7-11-8-16-17-18(11)13-10(3)5-4-6-12(13)14/h4-6,8-9,15H,7H2,1-3H3. The number of hydrogen-bond donors (Lipinski definition) is 1. The molecule has 2 aromatic rings. The summed E-state index contributed by atoms with van der Waals surface area (Å²) in [6.07, 6.45) is 1.65. The first kappa shape index (κ1) is 12.7. The molecule has 1 aromatic heterocycles. The largest absolute Gasteiger partial charge is 0.309 e. The number of nitrogens with zero attached hydrogens (tertiary/aromatic N) is 3. The van der Waals surface area contributed by atoms with Crippen molar-refractivity contribution in [3.05, 3.63) is 41.5 Å². The van der Waals surface area contributed by atoms with E-state index in [0.717, 1.165) is 11.3 Å². The third-order valence-corrected chi connectivity index (χ3v) is 2.71. The lowest BCUT2D eigenvalue weighted by molar-refractivity contribution is 0.559. The highest BCUT2D eigenvalue weighted by molar-refractivity contribution is 5.41. The van der Waals surface area contributed by atoms with Gasteiger partial charge in [0.1, 0.15) is 11.5 Å². The van der Waals surface area contributed by atoms with Gasteiger partial charge in [-0.3, -0.25) is 0 Å². The smallest absolute Gasteiger partial charge is 0.149 e. The summed E-state index contributed by atoms with van der Waals surface area (Å²) >= 11 is 0. The molecule has 0 fully saturated rings. The molecule has 5 heteroatoms. The predicted molar refractivity (Wildman–Crippen MR) is 68.0 cm³/mol. The van der Waals surface area contributed by atoms with E-state index < -0.39 is 0 Å². The maximum atomic E-state index is 13.9. The van der Waals surface area contributed by atoms with Crippen LogP contribution in [-0.4, -0.2) is 21.0 Å². The molecule has 18 heavy (non-hydrogen) atoms.